The molecular weight excluding hydrogens is 470 g/mol. The molecular formula is C30H33NO4S. The smallest absolute Gasteiger partial charge is 0.134 e. The molecule has 1 aromatic heterocycles. The second-order valence-corrected chi connectivity index (χ2v) is 9.32. The van der Waals surface area contributed by atoms with Gasteiger partial charge in [-0.05, 0) is 55.2 Å². The molecule has 0 saturated carbocycles. The van der Waals surface area contributed by atoms with Gasteiger partial charge in [-0.1, -0.05) is 44.5 Å². The number of aromatic hydroxyl groups is 1. The minimum atomic E-state index is 0.180. The van der Waals surface area contributed by atoms with Crippen LogP contribution in [-0.2, 0) is 12.8 Å². The molecule has 0 saturated heterocycles. The van der Waals surface area contributed by atoms with Crippen molar-refractivity contribution in [2.24, 2.45) is 0 Å². The summed E-state index contributed by atoms with van der Waals surface area (Å²) in [5, 5.41) is 12.4. The van der Waals surface area contributed by atoms with Gasteiger partial charge in [0.2, 0.25) is 0 Å². The number of benzene rings is 3. The van der Waals surface area contributed by atoms with Gasteiger partial charge in [-0.15, -0.1) is 11.3 Å². The minimum absolute atomic E-state index is 0.180. The molecule has 4 rings (SSSR count). The summed E-state index contributed by atoms with van der Waals surface area (Å²) in [6.45, 7) is 7.29. The van der Waals surface area contributed by atoms with E-state index in [2.05, 4.69) is 18.8 Å². The molecule has 0 bridgehead atoms. The molecule has 188 valence electrons. The Morgan fingerprint density at radius 1 is 0.889 bits per heavy atom. The molecule has 0 aliphatic rings. The van der Waals surface area contributed by atoms with Crippen LogP contribution < -0.4 is 14.2 Å². The van der Waals surface area contributed by atoms with Gasteiger partial charge in [-0.3, -0.25) is 0 Å². The molecule has 36 heavy (non-hydrogen) atoms. The third-order valence-electron chi connectivity index (χ3n) is 5.98. The lowest BCUT2D eigenvalue weighted by atomic mass is 10.0. The normalized spacial score (nSPS) is 10.9. The predicted molar refractivity (Wildman–Crippen MR) is 146 cm³/mol. The van der Waals surface area contributed by atoms with Gasteiger partial charge in [0.1, 0.15) is 28.7 Å². The lowest BCUT2D eigenvalue weighted by molar-refractivity contribution is 0.244. The fourth-order valence-corrected chi connectivity index (χ4v) is 4.61. The van der Waals surface area contributed by atoms with Crippen molar-refractivity contribution >= 4 is 11.3 Å². The number of aromatic nitrogens is 1. The monoisotopic (exact) mass is 503 g/mol. The average Bonchev–Trinajstić information content (AvgIpc) is 3.42. The molecule has 0 fully saturated rings. The molecule has 0 aliphatic heterocycles. The second-order valence-electron chi connectivity index (χ2n) is 8.61. The molecule has 0 aliphatic carbocycles. The van der Waals surface area contributed by atoms with Crippen LogP contribution in [0.15, 0.2) is 65.5 Å². The summed E-state index contributed by atoms with van der Waals surface area (Å²) in [5.41, 5.74) is 6.51. The topological polar surface area (TPSA) is 60.8 Å². The second kappa shape index (κ2) is 12.5. The van der Waals surface area contributed by atoms with Crippen molar-refractivity contribution in [2.45, 2.75) is 46.5 Å². The number of nitrogens with zero attached hydrogens (tertiary/aromatic N) is 1. The Hall–Kier alpha value is -3.51. The van der Waals surface area contributed by atoms with Gasteiger partial charge in [-0.2, -0.15) is 0 Å². The molecule has 0 radical (unpaired) electrons. The Morgan fingerprint density at radius 2 is 1.64 bits per heavy atom. The lowest BCUT2D eigenvalue weighted by Gasteiger charge is -2.17. The van der Waals surface area contributed by atoms with Gasteiger partial charge in [0, 0.05) is 29.0 Å². The van der Waals surface area contributed by atoms with Crippen molar-refractivity contribution in [1.29, 1.82) is 0 Å². The maximum absolute atomic E-state index is 10.5. The molecule has 3 aromatic carbocycles. The van der Waals surface area contributed by atoms with Crippen molar-refractivity contribution < 1.29 is 19.3 Å². The standard InChI is InChI=1S/C30H33NO4S/c1-4-10-23-28(13-8-14-29(23)35-27-12-7-6-11-21(27)3)33-15-9-16-34-30-18-26(32)24(17-22(30)5-2)25-19-36-20-31-25/h6-8,11-14,17-20,32H,4-5,9-10,15-16H2,1-3H3. The van der Waals surface area contributed by atoms with E-state index in [1.165, 1.54) is 11.3 Å². The van der Waals surface area contributed by atoms with Crippen LogP contribution in [0.5, 0.6) is 28.7 Å². The lowest BCUT2D eigenvalue weighted by Crippen LogP contribution is -2.07. The van der Waals surface area contributed by atoms with E-state index in [0.29, 0.717) is 25.4 Å². The average molecular weight is 504 g/mol. The SMILES string of the molecule is CCCc1c(OCCCOc2cc(O)c(-c3cscn3)cc2CC)cccc1Oc1ccccc1C. The van der Waals surface area contributed by atoms with Crippen molar-refractivity contribution in [3.05, 3.63) is 82.2 Å². The number of aryl methyl sites for hydroxylation is 2. The van der Waals surface area contributed by atoms with E-state index < -0.39 is 0 Å². The Balaban J connectivity index is 1.37. The number of hydrogen-bond acceptors (Lipinski definition) is 6. The summed E-state index contributed by atoms with van der Waals surface area (Å²) in [4.78, 5) is 4.31. The van der Waals surface area contributed by atoms with E-state index >= 15 is 0 Å². The van der Waals surface area contributed by atoms with Crippen molar-refractivity contribution in [1.82, 2.24) is 4.98 Å². The van der Waals surface area contributed by atoms with Crippen LogP contribution in [0.25, 0.3) is 11.3 Å². The quantitative estimate of drug-likeness (QED) is 0.199. The summed E-state index contributed by atoms with van der Waals surface area (Å²) in [7, 11) is 0. The fraction of sp³-hybridized carbons (Fsp3) is 0.300. The number of phenolic OH excluding ortho intramolecular Hbond substituents is 1. The zero-order valence-electron chi connectivity index (χ0n) is 21.1. The largest absolute Gasteiger partial charge is 0.507 e. The summed E-state index contributed by atoms with van der Waals surface area (Å²) < 4.78 is 18.5. The first kappa shape index (κ1) is 25.6. The molecule has 5 nitrogen and oxygen atoms in total. The van der Waals surface area contributed by atoms with E-state index in [1.54, 1.807) is 11.6 Å². The number of hydrogen-bond donors (Lipinski definition) is 1. The minimum Gasteiger partial charge on any atom is -0.507 e. The van der Waals surface area contributed by atoms with Crippen molar-refractivity contribution in [2.75, 3.05) is 13.2 Å². The zero-order chi connectivity index (χ0) is 25.3. The van der Waals surface area contributed by atoms with Gasteiger partial charge in [0.15, 0.2) is 0 Å². The molecule has 4 aromatic rings. The highest BCUT2D eigenvalue weighted by Gasteiger charge is 2.14. The highest BCUT2D eigenvalue weighted by molar-refractivity contribution is 7.07. The van der Waals surface area contributed by atoms with Gasteiger partial charge in [-0.25, -0.2) is 4.98 Å². The van der Waals surface area contributed by atoms with Crippen molar-refractivity contribution in [3.63, 3.8) is 0 Å². The van der Waals surface area contributed by atoms with Gasteiger partial charge in [0.05, 0.1) is 24.4 Å². The molecule has 1 N–H and O–H groups in total. The van der Waals surface area contributed by atoms with Crippen LogP contribution in [0.2, 0.25) is 0 Å². The van der Waals surface area contributed by atoms with Crippen molar-refractivity contribution in [3.8, 4) is 40.0 Å². The van der Waals surface area contributed by atoms with Gasteiger partial charge < -0.3 is 19.3 Å². The highest BCUT2D eigenvalue weighted by atomic mass is 32.1. The molecule has 0 unspecified atom stereocenters. The molecule has 0 spiro atoms. The number of phenols is 1. The van der Waals surface area contributed by atoms with Crippen LogP contribution in [0.4, 0.5) is 0 Å². The summed E-state index contributed by atoms with van der Waals surface area (Å²) >= 11 is 1.51. The van der Waals surface area contributed by atoms with Crippen LogP contribution in [0.3, 0.4) is 0 Å². The maximum atomic E-state index is 10.5. The van der Waals surface area contributed by atoms with E-state index in [4.69, 9.17) is 14.2 Å². The van der Waals surface area contributed by atoms with E-state index in [9.17, 15) is 5.11 Å². The predicted octanol–water partition coefficient (Wildman–Crippen LogP) is 7.98. The Labute approximate surface area is 217 Å². The first-order valence-electron chi connectivity index (χ1n) is 12.5. The van der Waals surface area contributed by atoms with E-state index in [0.717, 1.165) is 64.5 Å². The number of thiazole rings is 1. The fourth-order valence-electron chi connectivity index (χ4n) is 4.06. The Kier molecular flexibility index (Phi) is 8.85. The third kappa shape index (κ3) is 6.18. The van der Waals surface area contributed by atoms with Crippen LogP contribution in [0.1, 0.15) is 43.4 Å². The highest BCUT2D eigenvalue weighted by Crippen LogP contribution is 2.36. The molecule has 6 heteroatoms. The molecule has 0 atom stereocenters. The molecule has 1 heterocycles. The van der Waals surface area contributed by atoms with Crippen LogP contribution >= 0.6 is 11.3 Å². The maximum Gasteiger partial charge on any atom is 0.134 e. The number of rotatable bonds is 12. The van der Waals surface area contributed by atoms with Gasteiger partial charge in [0.25, 0.3) is 0 Å². The summed E-state index contributed by atoms with van der Waals surface area (Å²) in [6.07, 6.45) is 3.38. The van der Waals surface area contributed by atoms with Crippen LogP contribution in [0, 0.1) is 6.92 Å². The number of ether oxygens (including phenoxy) is 3. The first-order valence-corrected chi connectivity index (χ1v) is 13.4. The Morgan fingerprint density at radius 3 is 2.36 bits per heavy atom. The van der Waals surface area contributed by atoms with E-state index in [1.807, 2.05) is 60.8 Å². The Bertz CT molecular complexity index is 1270. The summed E-state index contributed by atoms with van der Waals surface area (Å²) in [5.74, 6) is 3.43. The zero-order valence-corrected chi connectivity index (χ0v) is 21.9. The first-order chi connectivity index (χ1) is 17.6. The third-order valence-corrected chi connectivity index (χ3v) is 6.56. The molecule has 0 amide bonds. The van der Waals surface area contributed by atoms with E-state index in [-0.39, 0.29) is 5.75 Å². The summed E-state index contributed by atoms with van der Waals surface area (Å²) in [6, 6.07) is 17.7. The van der Waals surface area contributed by atoms with Crippen LogP contribution in [-0.4, -0.2) is 23.3 Å². The van der Waals surface area contributed by atoms with Gasteiger partial charge >= 0.3 is 0 Å². The number of para-hydroxylation sites is 1.